The highest BCUT2D eigenvalue weighted by molar-refractivity contribution is 5.68. The van der Waals surface area contributed by atoms with E-state index in [0.29, 0.717) is 6.54 Å². The Hall–Kier alpha value is -2.23. The molecule has 2 aromatic rings. The Kier molecular flexibility index (Phi) is 4.45. The summed E-state index contributed by atoms with van der Waals surface area (Å²) >= 11 is 0. The number of hydrogen-bond acceptors (Lipinski definition) is 3. The molecule has 1 aromatic heterocycles. The molecule has 0 saturated carbocycles. The van der Waals surface area contributed by atoms with E-state index in [1.54, 1.807) is 12.5 Å². The summed E-state index contributed by atoms with van der Waals surface area (Å²) in [7, 11) is 0. The lowest BCUT2D eigenvalue weighted by Crippen LogP contribution is -2.29. The lowest BCUT2D eigenvalue weighted by Gasteiger charge is -2.31. The molecule has 0 radical (unpaired) electrons. The summed E-state index contributed by atoms with van der Waals surface area (Å²) in [6, 6.07) is 9.99. The van der Waals surface area contributed by atoms with Crippen molar-refractivity contribution in [3.05, 3.63) is 54.0 Å². The second-order valence-electron chi connectivity index (χ2n) is 4.86. The van der Waals surface area contributed by atoms with Gasteiger partial charge in [-0.1, -0.05) is 18.2 Å². The van der Waals surface area contributed by atoms with Crippen molar-refractivity contribution in [1.29, 1.82) is 0 Å². The summed E-state index contributed by atoms with van der Waals surface area (Å²) in [6.07, 6.45) is 3.45. The average molecular weight is 273 g/mol. The SMILES string of the molecule is Cc1ccccc1N(CCC(=O)O)C(C)c1ccoc1. The van der Waals surface area contributed by atoms with Crippen LogP contribution in [0.3, 0.4) is 0 Å². The maximum absolute atomic E-state index is 10.9. The van der Waals surface area contributed by atoms with Crippen molar-refractivity contribution in [3.63, 3.8) is 0 Å². The fourth-order valence-corrected chi connectivity index (χ4v) is 2.32. The zero-order valence-corrected chi connectivity index (χ0v) is 11.7. The van der Waals surface area contributed by atoms with Crippen molar-refractivity contribution in [2.45, 2.75) is 26.3 Å². The molecule has 0 amide bonds. The molecule has 0 bridgehead atoms. The summed E-state index contributed by atoms with van der Waals surface area (Å²) in [6.45, 7) is 4.55. The highest BCUT2D eigenvalue weighted by Gasteiger charge is 2.19. The standard InChI is InChI=1S/C16H19NO3/c1-12-5-3-4-6-15(12)17(9-7-16(18)19)13(2)14-8-10-20-11-14/h3-6,8,10-11,13H,7,9H2,1-2H3,(H,18,19). The summed E-state index contributed by atoms with van der Waals surface area (Å²) in [4.78, 5) is 13.0. The number of nitrogens with zero attached hydrogens (tertiary/aromatic N) is 1. The third-order valence-electron chi connectivity index (χ3n) is 3.48. The number of furan rings is 1. The van der Waals surface area contributed by atoms with E-state index in [4.69, 9.17) is 9.52 Å². The first-order valence-electron chi connectivity index (χ1n) is 6.65. The molecule has 1 aromatic carbocycles. The van der Waals surface area contributed by atoms with Gasteiger partial charge in [0.25, 0.3) is 0 Å². The number of para-hydroxylation sites is 1. The number of anilines is 1. The molecule has 0 fully saturated rings. The number of rotatable bonds is 6. The van der Waals surface area contributed by atoms with Gasteiger partial charge in [-0.25, -0.2) is 0 Å². The number of benzene rings is 1. The van der Waals surface area contributed by atoms with Crippen LogP contribution in [0, 0.1) is 6.92 Å². The number of aliphatic carboxylic acids is 1. The summed E-state index contributed by atoms with van der Waals surface area (Å²) < 4.78 is 5.13. The molecule has 1 N–H and O–H groups in total. The van der Waals surface area contributed by atoms with E-state index in [0.717, 1.165) is 16.8 Å². The van der Waals surface area contributed by atoms with E-state index in [-0.39, 0.29) is 12.5 Å². The average Bonchev–Trinajstić information content (AvgIpc) is 2.94. The first-order chi connectivity index (χ1) is 9.59. The lowest BCUT2D eigenvalue weighted by atomic mass is 10.1. The Morgan fingerprint density at radius 3 is 2.70 bits per heavy atom. The minimum atomic E-state index is -0.789. The molecule has 0 aliphatic rings. The molecule has 1 atom stereocenters. The quantitative estimate of drug-likeness (QED) is 0.873. The van der Waals surface area contributed by atoms with Crippen LogP contribution in [0.1, 0.15) is 30.5 Å². The van der Waals surface area contributed by atoms with Gasteiger partial charge in [-0.3, -0.25) is 4.79 Å². The number of carboxylic acid groups (broad SMARTS) is 1. The smallest absolute Gasteiger partial charge is 0.305 e. The van der Waals surface area contributed by atoms with Gasteiger partial charge < -0.3 is 14.4 Å². The van der Waals surface area contributed by atoms with Gasteiger partial charge in [-0.05, 0) is 31.5 Å². The molecular formula is C16H19NO3. The molecule has 0 aliphatic heterocycles. The number of aryl methyl sites for hydroxylation is 1. The Morgan fingerprint density at radius 2 is 2.10 bits per heavy atom. The molecule has 1 heterocycles. The first kappa shape index (κ1) is 14.2. The van der Waals surface area contributed by atoms with Crippen LogP contribution in [0.2, 0.25) is 0 Å². The van der Waals surface area contributed by atoms with E-state index in [9.17, 15) is 4.79 Å². The van der Waals surface area contributed by atoms with E-state index in [1.165, 1.54) is 0 Å². The topological polar surface area (TPSA) is 53.7 Å². The van der Waals surface area contributed by atoms with Crippen molar-refractivity contribution in [2.24, 2.45) is 0 Å². The molecule has 4 heteroatoms. The lowest BCUT2D eigenvalue weighted by molar-refractivity contribution is -0.136. The van der Waals surface area contributed by atoms with Crippen LogP contribution < -0.4 is 4.90 Å². The second-order valence-corrected chi connectivity index (χ2v) is 4.86. The minimum absolute atomic E-state index is 0.0641. The third-order valence-corrected chi connectivity index (χ3v) is 3.48. The van der Waals surface area contributed by atoms with E-state index < -0.39 is 5.97 Å². The highest BCUT2D eigenvalue weighted by Crippen LogP contribution is 2.29. The van der Waals surface area contributed by atoms with Crippen LogP contribution in [0.25, 0.3) is 0 Å². The van der Waals surface area contributed by atoms with Crippen molar-refractivity contribution >= 4 is 11.7 Å². The molecule has 1 unspecified atom stereocenters. The third kappa shape index (κ3) is 3.20. The fraction of sp³-hybridized carbons (Fsp3) is 0.312. The largest absolute Gasteiger partial charge is 0.481 e. The van der Waals surface area contributed by atoms with E-state index in [2.05, 4.69) is 11.8 Å². The summed E-state index contributed by atoms with van der Waals surface area (Å²) in [5.74, 6) is -0.789. The van der Waals surface area contributed by atoms with Crippen molar-refractivity contribution in [2.75, 3.05) is 11.4 Å². The molecule has 0 saturated heterocycles. The summed E-state index contributed by atoms with van der Waals surface area (Å²) in [5, 5.41) is 8.95. The monoisotopic (exact) mass is 273 g/mol. The number of carbonyl (C=O) groups is 1. The van der Waals surface area contributed by atoms with Gasteiger partial charge in [-0.15, -0.1) is 0 Å². The Balaban J connectivity index is 2.29. The normalized spacial score (nSPS) is 12.1. The molecule has 20 heavy (non-hydrogen) atoms. The van der Waals surface area contributed by atoms with Gasteiger partial charge in [0, 0.05) is 17.8 Å². The van der Waals surface area contributed by atoms with Crippen molar-refractivity contribution in [1.82, 2.24) is 0 Å². The zero-order chi connectivity index (χ0) is 14.5. The van der Waals surface area contributed by atoms with Gasteiger partial charge >= 0.3 is 5.97 Å². The Labute approximate surface area is 118 Å². The van der Waals surface area contributed by atoms with Gasteiger partial charge in [0.15, 0.2) is 0 Å². The van der Waals surface area contributed by atoms with Gasteiger partial charge in [-0.2, -0.15) is 0 Å². The van der Waals surface area contributed by atoms with E-state index >= 15 is 0 Å². The second kappa shape index (κ2) is 6.28. The van der Waals surface area contributed by atoms with Gasteiger partial charge in [0.05, 0.1) is 25.0 Å². The predicted octanol–water partition coefficient (Wildman–Crippen LogP) is 3.63. The Bertz CT molecular complexity index is 563. The van der Waals surface area contributed by atoms with Crippen LogP contribution in [-0.4, -0.2) is 17.6 Å². The molecule has 0 aliphatic carbocycles. The maximum atomic E-state index is 10.9. The van der Waals surface area contributed by atoms with Crippen molar-refractivity contribution in [3.8, 4) is 0 Å². The molecule has 2 rings (SSSR count). The summed E-state index contributed by atoms with van der Waals surface area (Å²) in [5.41, 5.74) is 3.23. The van der Waals surface area contributed by atoms with Crippen LogP contribution in [0.5, 0.6) is 0 Å². The van der Waals surface area contributed by atoms with Crippen LogP contribution in [-0.2, 0) is 4.79 Å². The van der Waals surface area contributed by atoms with Crippen LogP contribution in [0.15, 0.2) is 47.3 Å². The Morgan fingerprint density at radius 1 is 1.35 bits per heavy atom. The van der Waals surface area contributed by atoms with Crippen LogP contribution >= 0.6 is 0 Å². The molecule has 0 spiro atoms. The van der Waals surface area contributed by atoms with Gasteiger partial charge in [0.2, 0.25) is 0 Å². The fourth-order valence-electron chi connectivity index (χ4n) is 2.32. The maximum Gasteiger partial charge on any atom is 0.305 e. The predicted molar refractivity (Wildman–Crippen MR) is 77.9 cm³/mol. The minimum Gasteiger partial charge on any atom is -0.481 e. The number of carboxylic acids is 1. The molecule has 106 valence electrons. The van der Waals surface area contributed by atoms with Gasteiger partial charge in [0.1, 0.15) is 0 Å². The zero-order valence-electron chi connectivity index (χ0n) is 11.7. The van der Waals surface area contributed by atoms with E-state index in [1.807, 2.05) is 37.3 Å². The van der Waals surface area contributed by atoms with Crippen molar-refractivity contribution < 1.29 is 14.3 Å². The highest BCUT2D eigenvalue weighted by atomic mass is 16.4. The first-order valence-corrected chi connectivity index (χ1v) is 6.65. The molecule has 4 nitrogen and oxygen atoms in total. The van der Waals surface area contributed by atoms with Crippen LogP contribution in [0.4, 0.5) is 5.69 Å². The molecular weight excluding hydrogens is 254 g/mol. The number of hydrogen-bond donors (Lipinski definition) is 1.